The topological polar surface area (TPSA) is 110 Å². The Hall–Kier alpha value is -3.50. The Morgan fingerprint density at radius 2 is 1.84 bits per heavy atom. The molecule has 0 saturated heterocycles. The molecule has 1 aromatic heterocycles. The van der Waals surface area contributed by atoms with Gasteiger partial charge >= 0.3 is 5.69 Å². The number of anilines is 2. The van der Waals surface area contributed by atoms with Crippen molar-refractivity contribution in [1.82, 2.24) is 9.55 Å². The lowest BCUT2D eigenvalue weighted by Crippen LogP contribution is -2.42. The smallest absolute Gasteiger partial charge is 0.330 e. The molecule has 0 bridgehead atoms. The summed E-state index contributed by atoms with van der Waals surface area (Å²) in [5.41, 5.74) is 4.44. The molecule has 0 aliphatic rings. The molecule has 2 aromatic carbocycles. The molecule has 3 N–H and O–H groups in total. The summed E-state index contributed by atoms with van der Waals surface area (Å²) < 4.78 is 33.3. The summed E-state index contributed by atoms with van der Waals surface area (Å²) in [6.07, 6.45) is 0. The Balaban J connectivity index is 2.15. The van der Waals surface area contributed by atoms with E-state index in [1.54, 1.807) is 30.3 Å². The molecule has 0 radical (unpaired) electrons. The first kappa shape index (κ1) is 23.2. The summed E-state index contributed by atoms with van der Waals surface area (Å²) in [7, 11) is 1.37. The number of nitrogens with two attached hydrogens (primary N) is 1. The largest absolute Gasteiger partial charge is 0.383 e. The Labute approximate surface area is 185 Å². The Morgan fingerprint density at radius 3 is 2.50 bits per heavy atom. The van der Waals surface area contributed by atoms with E-state index in [-0.39, 0.29) is 41.8 Å². The highest BCUT2D eigenvalue weighted by atomic mass is 35.5. The molecule has 11 heteroatoms. The number of nitrogens with zero attached hydrogens (tertiary/aromatic N) is 2. The maximum absolute atomic E-state index is 13.8. The third-order valence-corrected chi connectivity index (χ3v) is 4.98. The summed E-state index contributed by atoms with van der Waals surface area (Å²) >= 11 is 5.95. The van der Waals surface area contributed by atoms with Gasteiger partial charge in [-0.15, -0.1) is 0 Å². The number of halogens is 3. The third-order valence-electron chi connectivity index (χ3n) is 4.67. The minimum Gasteiger partial charge on any atom is -0.383 e. The van der Waals surface area contributed by atoms with Crippen LogP contribution in [0.4, 0.5) is 20.3 Å². The minimum absolute atomic E-state index is 0.0214. The Morgan fingerprint density at radius 1 is 1.19 bits per heavy atom. The van der Waals surface area contributed by atoms with Gasteiger partial charge in [-0.3, -0.25) is 24.0 Å². The molecule has 0 aliphatic carbocycles. The fraction of sp³-hybridized carbons (Fsp3) is 0.190. The highest BCUT2D eigenvalue weighted by Gasteiger charge is 2.27. The number of carbonyl (C=O) groups excluding carboxylic acids is 1. The van der Waals surface area contributed by atoms with Crippen LogP contribution in [0.15, 0.2) is 52.1 Å². The van der Waals surface area contributed by atoms with Gasteiger partial charge in [0.25, 0.3) is 11.5 Å². The number of benzene rings is 2. The van der Waals surface area contributed by atoms with Crippen molar-refractivity contribution in [2.75, 3.05) is 30.9 Å². The van der Waals surface area contributed by atoms with Crippen LogP contribution < -0.4 is 21.9 Å². The lowest BCUT2D eigenvalue weighted by molar-refractivity contribution is 0.0975. The number of nitrogen functional groups attached to an aromatic ring is 1. The number of ether oxygens (including phenoxy) is 1. The van der Waals surface area contributed by atoms with E-state index in [1.165, 1.54) is 7.11 Å². The molecule has 1 heterocycles. The number of carbonyl (C=O) groups is 1. The number of amides is 1. The number of aromatic amines is 1. The van der Waals surface area contributed by atoms with Gasteiger partial charge in [0.15, 0.2) is 17.3 Å². The van der Waals surface area contributed by atoms with Crippen LogP contribution in [0.2, 0.25) is 5.02 Å². The molecule has 8 nitrogen and oxygen atoms in total. The average molecular weight is 465 g/mol. The number of nitrogens with one attached hydrogen (secondary N) is 1. The van der Waals surface area contributed by atoms with E-state index in [0.717, 1.165) is 15.0 Å². The fourth-order valence-corrected chi connectivity index (χ4v) is 3.32. The second-order valence-corrected chi connectivity index (χ2v) is 7.17. The van der Waals surface area contributed by atoms with Gasteiger partial charge in [0.2, 0.25) is 0 Å². The second kappa shape index (κ2) is 9.75. The van der Waals surface area contributed by atoms with Crippen molar-refractivity contribution in [2.24, 2.45) is 0 Å². The van der Waals surface area contributed by atoms with Crippen LogP contribution in [-0.2, 0) is 11.3 Å². The first-order valence-electron chi connectivity index (χ1n) is 9.36. The van der Waals surface area contributed by atoms with Gasteiger partial charge in [0, 0.05) is 13.7 Å². The maximum Gasteiger partial charge on any atom is 0.330 e. The van der Waals surface area contributed by atoms with Gasteiger partial charge < -0.3 is 10.5 Å². The van der Waals surface area contributed by atoms with E-state index < -0.39 is 28.8 Å². The number of hydrogen-bond acceptors (Lipinski definition) is 5. The van der Waals surface area contributed by atoms with E-state index in [2.05, 4.69) is 4.98 Å². The van der Waals surface area contributed by atoms with Crippen molar-refractivity contribution in [3.8, 4) is 0 Å². The van der Waals surface area contributed by atoms with Crippen LogP contribution in [0.1, 0.15) is 15.9 Å². The molecule has 0 spiro atoms. The molecule has 3 aromatic rings. The van der Waals surface area contributed by atoms with Crippen molar-refractivity contribution < 1.29 is 18.3 Å². The van der Waals surface area contributed by atoms with Gasteiger partial charge in [-0.05, 0) is 17.7 Å². The zero-order valence-corrected chi connectivity index (χ0v) is 17.7. The van der Waals surface area contributed by atoms with E-state index >= 15 is 0 Å². The number of rotatable bonds is 7. The molecule has 0 unspecified atom stereocenters. The van der Waals surface area contributed by atoms with E-state index in [1.807, 2.05) is 0 Å². The molecule has 3 rings (SSSR count). The monoisotopic (exact) mass is 464 g/mol. The van der Waals surface area contributed by atoms with Crippen LogP contribution in [0, 0.1) is 11.6 Å². The Kier molecular flexibility index (Phi) is 7.06. The zero-order valence-electron chi connectivity index (χ0n) is 16.9. The first-order chi connectivity index (χ1) is 15.2. The number of hydrogen-bond donors (Lipinski definition) is 2. The van der Waals surface area contributed by atoms with Crippen molar-refractivity contribution in [2.45, 2.75) is 6.54 Å². The van der Waals surface area contributed by atoms with Gasteiger partial charge in [-0.2, -0.15) is 0 Å². The standard InChI is InChI=1S/C21H19ClF2N4O4/c1-32-8-7-27(20(30)13-9-15(23)16(24)10-14(13)22)17-18(25)28(21(31)26-19(17)29)11-12-5-3-2-4-6-12/h2-6,9-10H,7-8,11,25H2,1H3,(H,26,29,31). The molecule has 32 heavy (non-hydrogen) atoms. The van der Waals surface area contributed by atoms with Crippen LogP contribution in [0.25, 0.3) is 0 Å². The molecular formula is C21H19ClF2N4O4. The minimum atomic E-state index is -1.29. The number of aromatic nitrogens is 2. The van der Waals surface area contributed by atoms with Gasteiger partial charge in [0.05, 0.1) is 23.7 Å². The van der Waals surface area contributed by atoms with Crippen molar-refractivity contribution >= 4 is 29.0 Å². The van der Waals surface area contributed by atoms with Crippen LogP contribution in [0.3, 0.4) is 0 Å². The molecule has 0 atom stereocenters. The fourth-order valence-electron chi connectivity index (χ4n) is 3.09. The van der Waals surface area contributed by atoms with Crippen molar-refractivity contribution in [3.05, 3.63) is 91.1 Å². The molecular weight excluding hydrogens is 446 g/mol. The molecule has 0 fully saturated rings. The zero-order chi connectivity index (χ0) is 23.4. The summed E-state index contributed by atoms with van der Waals surface area (Å²) in [5, 5.41) is -0.357. The van der Waals surface area contributed by atoms with Crippen molar-refractivity contribution in [1.29, 1.82) is 0 Å². The first-order valence-corrected chi connectivity index (χ1v) is 9.74. The van der Waals surface area contributed by atoms with Crippen LogP contribution >= 0.6 is 11.6 Å². The summed E-state index contributed by atoms with van der Waals surface area (Å²) in [5.74, 6) is -3.73. The molecule has 1 amide bonds. The lowest BCUT2D eigenvalue weighted by Gasteiger charge is -2.25. The molecule has 168 valence electrons. The van der Waals surface area contributed by atoms with Crippen LogP contribution in [-0.4, -0.2) is 35.7 Å². The quantitative estimate of drug-likeness (QED) is 0.522. The number of H-pyrrole nitrogens is 1. The summed E-state index contributed by atoms with van der Waals surface area (Å²) in [6.45, 7) is -0.182. The third kappa shape index (κ3) is 4.71. The van der Waals surface area contributed by atoms with Crippen LogP contribution in [0.5, 0.6) is 0 Å². The van der Waals surface area contributed by atoms with E-state index in [9.17, 15) is 23.2 Å². The molecule has 0 saturated carbocycles. The van der Waals surface area contributed by atoms with Gasteiger partial charge in [0.1, 0.15) is 5.82 Å². The lowest BCUT2D eigenvalue weighted by atomic mass is 10.1. The average Bonchev–Trinajstić information content (AvgIpc) is 2.76. The predicted octanol–water partition coefficient (Wildman–Crippen LogP) is 2.39. The highest BCUT2D eigenvalue weighted by molar-refractivity contribution is 6.34. The van der Waals surface area contributed by atoms with Gasteiger partial charge in [-0.1, -0.05) is 41.9 Å². The van der Waals surface area contributed by atoms with E-state index in [0.29, 0.717) is 12.1 Å². The number of methoxy groups -OCH3 is 1. The normalized spacial score (nSPS) is 10.9. The maximum atomic E-state index is 13.8. The second-order valence-electron chi connectivity index (χ2n) is 6.76. The van der Waals surface area contributed by atoms with E-state index in [4.69, 9.17) is 22.1 Å². The van der Waals surface area contributed by atoms with Gasteiger partial charge in [-0.25, -0.2) is 13.6 Å². The SMILES string of the molecule is COCCN(C(=O)c1cc(F)c(F)cc1Cl)c1c(N)n(Cc2ccccc2)c(=O)[nH]c1=O. The predicted molar refractivity (Wildman–Crippen MR) is 116 cm³/mol. The molecule has 0 aliphatic heterocycles. The van der Waals surface area contributed by atoms with Crippen molar-refractivity contribution in [3.63, 3.8) is 0 Å². The summed E-state index contributed by atoms with van der Waals surface area (Å²) in [6, 6.07) is 10.1. The summed E-state index contributed by atoms with van der Waals surface area (Å²) in [4.78, 5) is 41.3. The Bertz CT molecular complexity index is 1260. The highest BCUT2D eigenvalue weighted by Crippen LogP contribution is 2.25.